The minimum absolute atomic E-state index is 0.0525. The molecule has 1 aromatic rings. The average Bonchev–Trinajstić information content (AvgIpc) is 2.54. The zero-order valence-corrected chi connectivity index (χ0v) is 13.6. The third-order valence-corrected chi connectivity index (χ3v) is 5.64. The van der Waals surface area contributed by atoms with Crippen LogP contribution in [0, 0.1) is 0 Å². The van der Waals surface area contributed by atoms with Gasteiger partial charge in [-0.3, -0.25) is 9.00 Å². The summed E-state index contributed by atoms with van der Waals surface area (Å²) in [5, 5.41) is 0. The third kappa shape index (κ3) is 4.39. The molecule has 0 amide bonds. The number of hydrogen-bond acceptors (Lipinski definition) is 3. The van der Waals surface area contributed by atoms with Crippen molar-refractivity contribution in [2.45, 2.75) is 19.8 Å². The summed E-state index contributed by atoms with van der Waals surface area (Å²) in [6, 6.07) is 1.77. The monoisotopic (exact) mass is 386 g/mol. The zero-order valence-electron chi connectivity index (χ0n) is 8.79. The standard InChI is InChI=1S/C10H12Br2O2S2/c1-2-3-4-16(14)6-8(13)7-5-9(11)15-10(7)12/h5H,2-4,6H2,1H3. The first kappa shape index (κ1) is 14.5. The second kappa shape index (κ2) is 7.03. The first-order valence-electron chi connectivity index (χ1n) is 4.87. The molecule has 0 aliphatic rings. The van der Waals surface area contributed by atoms with Crippen LogP contribution >= 0.6 is 43.2 Å². The molecule has 1 rings (SSSR count). The number of hydrogen-bond donors (Lipinski definition) is 0. The van der Waals surface area contributed by atoms with E-state index in [9.17, 15) is 9.00 Å². The van der Waals surface area contributed by atoms with Crippen molar-refractivity contribution >= 4 is 59.8 Å². The molecule has 1 heterocycles. The molecule has 0 saturated carbocycles. The highest BCUT2D eigenvalue weighted by Crippen LogP contribution is 2.32. The molecule has 0 radical (unpaired) electrons. The lowest BCUT2D eigenvalue weighted by molar-refractivity contribution is 0.102. The van der Waals surface area contributed by atoms with Gasteiger partial charge in [0.25, 0.3) is 0 Å². The van der Waals surface area contributed by atoms with Gasteiger partial charge >= 0.3 is 0 Å². The van der Waals surface area contributed by atoms with Gasteiger partial charge in [0, 0.05) is 22.1 Å². The number of ketones is 1. The van der Waals surface area contributed by atoms with E-state index in [2.05, 4.69) is 31.9 Å². The van der Waals surface area contributed by atoms with Gasteiger partial charge in [-0.1, -0.05) is 13.3 Å². The summed E-state index contributed by atoms with van der Waals surface area (Å²) in [6.07, 6.45) is 1.92. The number of unbranched alkanes of at least 4 members (excludes halogenated alkanes) is 1. The molecule has 0 spiro atoms. The Kier molecular flexibility index (Phi) is 6.39. The topological polar surface area (TPSA) is 34.1 Å². The fraction of sp³-hybridized carbons (Fsp3) is 0.500. The highest BCUT2D eigenvalue weighted by atomic mass is 79.9. The minimum Gasteiger partial charge on any atom is -0.293 e. The van der Waals surface area contributed by atoms with Gasteiger partial charge in [0.15, 0.2) is 5.78 Å². The maximum atomic E-state index is 11.8. The normalized spacial score (nSPS) is 12.7. The number of rotatable bonds is 6. The van der Waals surface area contributed by atoms with Gasteiger partial charge in [-0.05, 0) is 44.3 Å². The summed E-state index contributed by atoms with van der Waals surface area (Å²) >= 11 is 8.10. The molecular weight excluding hydrogens is 376 g/mol. The SMILES string of the molecule is CCCCS(=O)CC(=O)c1cc(Br)sc1Br. The van der Waals surface area contributed by atoms with E-state index in [1.807, 2.05) is 6.92 Å². The van der Waals surface area contributed by atoms with Crippen LogP contribution in [0.3, 0.4) is 0 Å². The van der Waals surface area contributed by atoms with Crippen LogP contribution in [-0.2, 0) is 10.8 Å². The Bertz CT molecular complexity index is 402. The van der Waals surface area contributed by atoms with Crippen LogP contribution in [0.15, 0.2) is 13.6 Å². The minimum atomic E-state index is -1.03. The fourth-order valence-electron chi connectivity index (χ4n) is 1.13. The van der Waals surface area contributed by atoms with E-state index in [0.717, 1.165) is 20.4 Å². The molecule has 16 heavy (non-hydrogen) atoms. The summed E-state index contributed by atoms with van der Waals surface area (Å²) < 4.78 is 13.3. The molecule has 0 aliphatic heterocycles. The number of Topliss-reactive ketones (excluding diaryl/α,β-unsaturated/α-hetero) is 1. The van der Waals surface area contributed by atoms with Gasteiger partial charge < -0.3 is 0 Å². The van der Waals surface area contributed by atoms with E-state index in [-0.39, 0.29) is 11.5 Å². The van der Waals surface area contributed by atoms with E-state index < -0.39 is 10.8 Å². The molecule has 0 aromatic carbocycles. The first-order valence-corrected chi connectivity index (χ1v) is 8.76. The largest absolute Gasteiger partial charge is 0.293 e. The van der Waals surface area contributed by atoms with E-state index in [4.69, 9.17) is 0 Å². The number of carbonyl (C=O) groups is 1. The van der Waals surface area contributed by atoms with Gasteiger partial charge in [0.2, 0.25) is 0 Å². The van der Waals surface area contributed by atoms with Gasteiger partial charge in [0.05, 0.1) is 13.3 Å². The van der Waals surface area contributed by atoms with Crippen LogP contribution in [0.2, 0.25) is 0 Å². The maximum Gasteiger partial charge on any atom is 0.177 e. The van der Waals surface area contributed by atoms with Crippen LogP contribution in [0.4, 0.5) is 0 Å². The van der Waals surface area contributed by atoms with E-state index in [1.54, 1.807) is 6.07 Å². The second-order valence-corrected chi connectivity index (χ2v) is 8.63. The zero-order chi connectivity index (χ0) is 12.1. The molecule has 2 nitrogen and oxygen atoms in total. The molecule has 1 unspecified atom stereocenters. The van der Waals surface area contributed by atoms with Crippen molar-refractivity contribution in [1.29, 1.82) is 0 Å². The number of halogens is 2. The molecular formula is C10H12Br2O2S2. The van der Waals surface area contributed by atoms with Crippen molar-refractivity contribution < 1.29 is 9.00 Å². The van der Waals surface area contributed by atoms with Crippen molar-refractivity contribution in [1.82, 2.24) is 0 Å². The summed E-state index contributed by atoms with van der Waals surface area (Å²) in [4.78, 5) is 11.8. The average molecular weight is 388 g/mol. The van der Waals surface area contributed by atoms with Crippen molar-refractivity contribution in [3.63, 3.8) is 0 Å². The molecule has 0 saturated heterocycles. The molecule has 6 heteroatoms. The molecule has 0 bridgehead atoms. The van der Waals surface area contributed by atoms with E-state index >= 15 is 0 Å². The van der Waals surface area contributed by atoms with Crippen molar-refractivity contribution in [3.8, 4) is 0 Å². The van der Waals surface area contributed by atoms with Crippen LogP contribution in [0.1, 0.15) is 30.1 Å². The predicted octanol–water partition coefficient (Wildman–Crippen LogP) is 4.00. The number of thiophene rings is 1. The Morgan fingerprint density at radius 1 is 1.50 bits per heavy atom. The Labute approximate surface area is 119 Å². The first-order chi connectivity index (χ1) is 7.54. The summed E-state index contributed by atoms with van der Waals surface area (Å²) in [6.45, 7) is 2.05. The Morgan fingerprint density at radius 2 is 2.19 bits per heavy atom. The van der Waals surface area contributed by atoms with Crippen molar-refractivity contribution in [2.75, 3.05) is 11.5 Å². The molecule has 1 atom stereocenters. The Hall–Kier alpha value is 0.480. The van der Waals surface area contributed by atoms with Crippen LogP contribution in [0.5, 0.6) is 0 Å². The highest BCUT2D eigenvalue weighted by molar-refractivity contribution is 9.12. The summed E-state index contributed by atoms with van der Waals surface area (Å²) in [7, 11) is -1.03. The van der Waals surface area contributed by atoms with Gasteiger partial charge in [-0.2, -0.15) is 0 Å². The summed E-state index contributed by atoms with van der Waals surface area (Å²) in [5.41, 5.74) is 0.627. The quantitative estimate of drug-likeness (QED) is 0.691. The molecule has 0 N–H and O–H groups in total. The van der Waals surface area contributed by atoms with Crippen molar-refractivity contribution in [3.05, 3.63) is 19.2 Å². The second-order valence-electron chi connectivity index (χ2n) is 3.30. The third-order valence-electron chi connectivity index (χ3n) is 1.97. The van der Waals surface area contributed by atoms with Crippen LogP contribution in [0.25, 0.3) is 0 Å². The molecule has 1 aromatic heterocycles. The predicted molar refractivity (Wildman–Crippen MR) is 76.8 cm³/mol. The van der Waals surface area contributed by atoms with E-state index in [0.29, 0.717) is 11.3 Å². The van der Waals surface area contributed by atoms with Gasteiger partial charge in [0.1, 0.15) is 0 Å². The lowest BCUT2D eigenvalue weighted by atomic mass is 10.2. The van der Waals surface area contributed by atoms with Gasteiger partial charge in [-0.25, -0.2) is 0 Å². The van der Waals surface area contributed by atoms with E-state index in [1.165, 1.54) is 11.3 Å². The smallest absolute Gasteiger partial charge is 0.177 e. The number of carbonyl (C=O) groups excluding carboxylic acids is 1. The van der Waals surface area contributed by atoms with Crippen LogP contribution in [-0.4, -0.2) is 21.5 Å². The molecule has 90 valence electrons. The Morgan fingerprint density at radius 3 is 2.69 bits per heavy atom. The highest BCUT2D eigenvalue weighted by Gasteiger charge is 2.15. The van der Waals surface area contributed by atoms with Crippen molar-refractivity contribution in [2.24, 2.45) is 0 Å². The van der Waals surface area contributed by atoms with Gasteiger partial charge in [-0.15, -0.1) is 11.3 Å². The fourth-order valence-corrected chi connectivity index (χ4v) is 5.19. The molecule has 0 fully saturated rings. The lowest BCUT2D eigenvalue weighted by Crippen LogP contribution is -2.13. The summed E-state index contributed by atoms with van der Waals surface area (Å²) in [5.74, 6) is 0.690. The van der Waals surface area contributed by atoms with Crippen LogP contribution < -0.4 is 0 Å². The maximum absolute atomic E-state index is 11.8. The molecule has 0 aliphatic carbocycles. The lowest BCUT2D eigenvalue weighted by Gasteiger charge is -2.00. The Balaban J connectivity index is 2.59.